The molecule has 1 unspecified atom stereocenters. The summed E-state index contributed by atoms with van der Waals surface area (Å²) < 4.78 is 11.9. The Kier molecular flexibility index (Phi) is 7.28. The lowest BCUT2D eigenvalue weighted by Crippen LogP contribution is -2.32. The SMILES string of the molecule is CC(C)Oc1ccc(C(=O)Nc2ccccc2C(=O)NCC2CCCO2)cc1Br. The summed E-state index contributed by atoms with van der Waals surface area (Å²) in [7, 11) is 0. The van der Waals surface area contributed by atoms with Crippen molar-refractivity contribution in [2.45, 2.75) is 38.9 Å². The number of carbonyl (C=O) groups excluding carboxylic acids is 2. The van der Waals surface area contributed by atoms with Gasteiger partial charge in [0.1, 0.15) is 5.75 Å². The Morgan fingerprint density at radius 3 is 2.69 bits per heavy atom. The summed E-state index contributed by atoms with van der Waals surface area (Å²) in [5, 5.41) is 5.72. The highest BCUT2D eigenvalue weighted by molar-refractivity contribution is 9.10. The molecule has 3 rings (SSSR count). The van der Waals surface area contributed by atoms with E-state index in [1.807, 2.05) is 13.8 Å². The molecule has 154 valence electrons. The van der Waals surface area contributed by atoms with E-state index in [1.54, 1.807) is 42.5 Å². The maximum Gasteiger partial charge on any atom is 0.255 e. The number of ether oxygens (including phenoxy) is 2. The van der Waals surface area contributed by atoms with Crippen molar-refractivity contribution in [3.8, 4) is 5.75 Å². The molecule has 1 aliphatic heterocycles. The number of carbonyl (C=O) groups is 2. The molecule has 1 aliphatic rings. The van der Waals surface area contributed by atoms with Crippen molar-refractivity contribution in [2.75, 3.05) is 18.5 Å². The standard InChI is InChI=1S/C22H25BrN2O4/c1-14(2)29-20-10-9-15(12-18(20)23)21(26)25-19-8-4-3-7-17(19)22(27)24-13-16-6-5-11-28-16/h3-4,7-10,12,14,16H,5-6,11,13H2,1-2H3,(H,24,27)(H,25,26). The first-order chi connectivity index (χ1) is 13.9. The zero-order valence-electron chi connectivity index (χ0n) is 16.5. The molecule has 1 saturated heterocycles. The summed E-state index contributed by atoms with van der Waals surface area (Å²) in [5.41, 5.74) is 1.33. The second-order valence-corrected chi connectivity index (χ2v) is 8.01. The largest absolute Gasteiger partial charge is 0.490 e. The fourth-order valence-electron chi connectivity index (χ4n) is 3.08. The molecule has 0 bridgehead atoms. The molecular formula is C22H25BrN2O4. The van der Waals surface area contributed by atoms with E-state index in [0.717, 1.165) is 19.4 Å². The Balaban J connectivity index is 1.69. The number of amides is 2. The monoisotopic (exact) mass is 460 g/mol. The average molecular weight is 461 g/mol. The number of rotatable bonds is 7. The summed E-state index contributed by atoms with van der Waals surface area (Å²) in [6, 6.07) is 12.1. The summed E-state index contributed by atoms with van der Waals surface area (Å²) in [6.45, 7) is 5.08. The fraction of sp³-hybridized carbons (Fsp3) is 0.364. The lowest BCUT2D eigenvalue weighted by molar-refractivity contribution is 0.0858. The van der Waals surface area contributed by atoms with Crippen LogP contribution in [-0.4, -0.2) is 37.2 Å². The van der Waals surface area contributed by atoms with Crippen LogP contribution in [0.15, 0.2) is 46.9 Å². The number of hydrogen-bond acceptors (Lipinski definition) is 4. The zero-order valence-corrected chi connectivity index (χ0v) is 18.1. The smallest absolute Gasteiger partial charge is 0.255 e. The van der Waals surface area contributed by atoms with Crippen LogP contribution in [0, 0.1) is 0 Å². The van der Waals surface area contributed by atoms with Gasteiger partial charge in [0.15, 0.2) is 0 Å². The number of benzene rings is 2. The topological polar surface area (TPSA) is 76.7 Å². The third kappa shape index (κ3) is 5.81. The van der Waals surface area contributed by atoms with Crippen LogP contribution in [-0.2, 0) is 4.74 Å². The van der Waals surface area contributed by atoms with Gasteiger partial charge in [0, 0.05) is 18.7 Å². The minimum absolute atomic E-state index is 0.0333. The molecular weight excluding hydrogens is 436 g/mol. The molecule has 7 heteroatoms. The van der Waals surface area contributed by atoms with Crippen molar-refractivity contribution in [1.82, 2.24) is 5.32 Å². The Morgan fingerprint density at radius 2 is 2.00 bits per heavy atom. The van der Waals surface area contributed by atoms with Crippen LogP contribution in [0.25, 0.3) is 0 Å². The summed E-state index contributed by atoms with van der Waals surface area (Å²) >= 11 is 3.44. The normalized spacial score (nSPS) is 15.9. The van der Waals surface area contributed by atoms with Gasteiger partial charge in [0.25, 0.3) is 11.8 Å². The van der Waals surface area contributed by atoms with Gasteiger partial charge in [0.05, 0.1) is 27.9 Å². The highest BCUT2D eigenvalue weighted by Crippen LogP contribution is 2.27. The van der Waals surface area contributed by atoms with E-state index in [-0.39, 0.29) is 24.0 Å². The first-order valence-corrected chi connectivity index (χ1v) is 10.5. The van der Waals surface area contributed by atoms with E-state index in [0.29, 0.717) is 33.6 Å². The second-order valence-electron chi connectivity index (χ2n) is 7.16. The van der Waals surface area contributed by atoms with Crippen molar-refractivity contribution in [2.24, 2.45) is 0 Å². The van der Waals surface area contributed by atoms with Crippen molar-refractivity contribution < 1.29 is 19.1 Å². The van der Waals surface area contributed by atoms with Crippen LogP contribution in [0.2, 0.25) is 0 Å². The van der Waals surface area contributed by atoms with Crippen molar-refractivity contribution in [3.05, 3.63) is 58.1 Å². The molecule has 1 atom stereocenters. The molecule has 2 aromatic carbocycles. The first kappa shape index (κ1) is 21.3. The van der Waals surface area contributed by atoms with Gasteiger partial charge in [-0.3, -0.25) is 9.59 Å². The van der Waals surface area contributed by atoms with Gasteiger partial charge in [0.2, 0.25) is 0 Å². The molecule has 1 fully saturated rings. The van der Waals surface area contributed by atoms with E-state index in [4.69, 9.17) is 9.47 Å². The van der Waals surface area contributed by atoms with E-state index in [9.17, 15) is 9.59 Å². The third-order valence-electron chi connectivity index (χ3n) is 4.49. The second kappa shape index (κ2) is 9.89. The molecule has 2 N–H and O–H groups in total. The van der Waals surface area contributed by atoms with Crippen LogP contribution >= 0.6 is 15.9 Å². The van der Waals surface area contributed by atoms with Crippen molar-refractivity contribution in [1.29, 1.82) is 0 Å². The van der Waals surface area contributed by atoms with Crippen molar-refractivity contribution in [3.63, 3.8) is 0 Å². The molecule has 2 aromatic rings. The molecule has 0 aliphatic carbocycles. The van der Waals surface area contributed by atoms with Crippen LogP contribution in [0.5, 0.6) is 5.75 Å². The van der Waals surface area contributed by atoms with E-state index in [1.165, 1.54) is 0 Å². The van der Waals surface area contributed by atoms with E-state index < -0.39 is 0 Å². The number of halogens is 1. The summed E-state index contributed by atoms with van der Waals surface area (Å²) in [6.07, 6.45) is 2.06. The predicted octanol–water partition coefficient (Wildman–Crippen LogP) is 4.40. The maximum atomic E-state index is 12.7. The van der Waals surface area contributed by atoms with Gasteiger partial charge in [-0.25, -0.2) is 0 Å². The number of para-hydroxylation sites is 1. The van der Waals surface area contributed by atoms with Gasteiger partial charge in [-0.1, -0.05) is 12.1 Å². The third-order valence-corrected chi connectivity index (χ3v) is 5.11. The van der Waals surface area contributed by atoms with Crippen LogP contribution < -0.4 is 15.4 Å². The molecule has 2 amide bonds. The number of hydrogen-bond donors (Lipinski definition) is 2. The van der Waals surface area contributed by atoms with Gasteiger partial charge < -0.3 is 20.1 Å². The zero-order chi connectivity index (χ0) is 20.8. The molecule has 0 saturated carbocycles. The summed E-state index contributed by atoms with van der Waals surface area (Å²) in [4.78, 5) is 25.3. The Hall–Kier alpha value is -2.38. The average Bonchev–Trinajstić information content (AvgIpc) is 3.21. The van der Waals surface area contributed by atoms with Gasteiger partial charge >= 0.3 is 0 Å². The highest BCUT2D eigenvalue weighted by atomic mass is 79.9. The van der Waals surface area contributed by atoms with Gasteiger partial charge in [-0.2, -0.15) is 0 Å². The van der Waals surface area contributed by atoms with Crippen LogP contribution in [0.4, 0.5) is 5.69 Å². The van der Waals surface area contributed by atoms with Crippen LogP contribution in [0.3, 0.4) is 0 Å². The minimum atomic E-state index is -0.304. The number of anilines is 1. The van der Waals surface area contributed by atoms with E-state index >= 15 is 0 Å². The highest BCUT2D eigenvalue weighted by Gasteiger charge is 2.19. The number of nitrogens with one attached hydrogen (secondary N) is 2. The lowest BCUT2D eigenvalue weighted by atomic mass is 10.1. The first-order valence-electron chi connectivity index (χ1n) is 9.70. The molecule has 6 nitrogen and oxygen atoms in total. The summed E-state index contributed by atoms with van der Waals surface area (Å²) in [5.74, 6) is 0.130. The Bertz CT molecular complexity index is 879. The van der Waals surface area contributed by atoms with Crippen molar-refractivity contribution >= 4 is 33.4 Å². The quantitative estimate of drug-likeness (QED) is 0.641. The Morgan fingerprint density at radius 1 is 1.21 bits per heavy atom. The van der Waals surface area contributed by atoms with Crippen LogP contribution in [0.1, 0.15) is 47.4 Å². The minimum Gasteiger partial charge on any atom is -0.490 e. The lowest BCUT2D eigenvalue weighted by Gasteiger charge is -2.15. The molecule has 1 heterocycles. The Labute approximate surface area is 179 Å². The molecule has 0 spiro atoms. The molecule has 29 heavy (non-hydrogen) atoms. The predicted molar refractivity (Wildman–Crippen MR) is 116 cm³/mol. The molecule has 0 radical (unpaired) electrons. The molecule has 0 aromatic heterocycles. The van der Waals surface area contributed by atoms with Gasteiger partial charge in [-0.15, -0.1) is 0 Å². The maximum absolute atomic E-state index is 12.7. The fourth-order valence-corrected chi connectivity index (χ4v) is 3.56. The van der Waals surface area contributed by atoms with Gasteiger partial charge in [-0.05, 0) is 73.0 Å². The van der Waals surface area contributed by atoms with E-state index in [2.05, 4.69) is 26.6 Å².